The molecule has 6 saturated carbocycles. The second kappa shape index (κ2) is 16.2. The van der Waals surface area contributed by atoms with Crippen molar-refractivity contribution in [3.63, 3.8) is 0 Å². The van der Waals surface area contributed by atoms with E-state index in [1.807, 2.05) is 0 Å². The summed E-state index contributed by atoms with van der Waals surface area (Å²) in [7, 11) is 0. The zero-order valence-corrected chi connectivity index (χ0v) is 25.2. The Bertz CT molecular complexity index is 935. The lowest BCUT2D eigenvalue weighted by Gasteiger charge is -2.37. The molecule has 6 aliphatic carbocycles. The standard InChI is InChI=1S/C18H24O4.C12H20O2.C3H3ClO2.CH4/c1-3-17(19)21-9-15-13-8-14(12-7-5-6-11(12)13)16(15)10-22-18(20)4-2;13-5-11-9-4-10(12(11)6-14)8-3-1-2-7(8)9;1-2-6-3(4)5;/h3-4,11-16H,1-2,5-10H2;7-14H,1-6H2;2H,1H2;1H4. The van der Waals surface area contributed by atoms with Gasteiger partial charge in [0.1, 0.15) is 0 Å². The minimum Gasteiger partial charge on any atom is -0.462 e. The SMILES string of the molecule is C.C=CC(=O)OCC1C(COC(=O)C=C)C2CC1C1CCCC12.C=COC(=O)Cl.OCC1C(CO)C2CC1C1CCCC12. The molecule has 0 aromatic rings. The summed E-state index contributed by atoms with van der Waals surface area (Å²) in [5, 5.41) is 18.8. The summed E-state index contributed by atoms with van der Waals surface area (Å²) in [5.74, 6) is 6.81. The maximum absolute atomic E-state index is 11.4. The molecule has 8 nitrogen and oxygen atoms in total. The quantitative estimate of drug-likeness (QED) is 0.103. The molecule has 0 aliphatic heterocycles. The zero-order chi connectivity index (χ0) is 30.4. The Hall–Kier alpha value is -2.16. The molecular weight excluding hydrogens is 572 g/mol. The molecule has 12 unspecified atom stereocenters. The number of aliphatic hydroxyl groups excluding tert-OH is 2. The number of rotatable bonds is 9. The van der Waals surface area contributed by atoms with Gasteiger partial charge < -0.3 is 24.4 Å². The van der Waals surface area contributed by atoms with Gasteiger partial charge in [0.2, 0.25) is 0 Å². The van der Waals surface area contributed by atoms with Gasteiger partial charge in [-0.2, -0.15) is 0 Å². The van der Waals surface area contributed by atoms with Gasteiger partial charge in [-0.15, -0.1) is 0 Å². The highest BCUT2D eigenvalue weighted by molar-refractivity contribution is 6.61. The van der Waals surface area contributed by atoms with Crippen LogP contribution in [0.4, 0.5) is 4.79 Å². The van der Waals surface area contributed by atoms with Crippen LogP contribution in [0.5, 0.6) is 0 Å². The van der Waals surface area contributed by atoms with Crippen LogP contribution in [0.2, 0.25) is 0 Å². The first-order chi connectivity index (χ1) is 20.3. The molecule has 0 spiro atoms. The van der Waals surface area contributed by atoms with Crippen LogP contribution in [0, 0.1) is 71.0 Å². The molecule has 0 heterocycles. The van der Waals surface area contributed by atoms with Gasteiger partial charge in [0.15, 0.2) is 0 Å². The maximum atomic E-state index is 11.4. The van der Waals surface area contributed by atoms with Crippen LogP contribution < -0.4 is 0 Å². The van der Waals surface area contributed by atoms with Crippen LogP contribution in [-0.4, -0.2) is 54.0 Å². The van der Waals surface area contributed by atoms with Crippen molar-refractivity contribution >= 4 is 29.0 Å². The first-order valence-corrected chi connectivity index (χ1v) is 15.9. The Kier molecular flexibility index (Phi) is 13.3. The third kappa shape index (κ3) is 7.56. The van der Waals surface area contributed by atoms with Crippen LogP contribution in [-0.2, 0) is 23.8 Å². The molecule has 2 N–H and O–H groups in total. The molecule has 6 fully saturated rings. The molecular formula is C34H51ClO8. The van der Waals surface area contributed by atoms with Crippen molar-refractivity contribution in [3.8, 4) is 0 Å². The average Bonchev–Trinajstić information content (AvgIpc) is 3.81. The van der Waals surface area contributed by atoms with Gasteiger partial charge in [0, 0.05) is 48.8 Å². The van der Waals surface area contributed by atoms with Gasteiger partial charge in [0.25, 0.3) is 0 Å². The fourth-order valence-corrected chi connectivity index (χ4v) is 10.4. The van der Waals surface area contributed by atoms with Crippen molar-refractivity contribution in [2.75, 3.05) is 26.4 Å². The molecule has 0 saturated heterocycles. The van der Waals surface area contributed by atoms with Crippen molar-refractivity contribution < 1.29 is 38.8 Å². The molecule has 0 aromatic heterocycles. The van der Waals surface area contributed by atoms with E-state index in [2.05, 4.69) is 36.1 Å². The van der Waals surface area contributed by atoms with Crippen molar-refractivity contribution in [1.29, 1.82) is 0 Å². The summed E-state index contributed by atoms with van der Waals surface area (Å²) in [6.45, 7) is 11.4. The Morgan fingerprint density at radius 2 is 1.00 bits per heavy atom. The summed E-state index contributed by atoms with van der Waals surface area (Å²) in [6, 6.07) is 0. The first-order valence-electron chi connectivity index (χ1n) is 15.6. The Labute approximate surface area is 261 Å². The van der Waals surface area contributed by atoms with Gasteiger partial charge in [-0.25, -0.2) is 14.4 Å². The largest absolute Gasteiger partial charge is 0.462 e. The van der Waals surface area contributed by atoms with Crippen molar-refractivity contribution in [3.05, 3.63) is 38.2 Å². The van der Waals surface area contributed by atoms with E-state index in [-0.39, 0.29) is 19.4 Å². The Balaban J connectivity index is 0.000000206. The van der Waals surface area contributed by atoms with Crippen LogP contribution in [0.1, 0.15) is 58.8 Å². The van der Waals surface area contributed by atoms with Crippen molar-refractivity contribution in [2.45, 2.75) is 58.8 Å². The van der Waals surface area contributed by atoms with E-state index >= 15 is 0 Å². The third-order valence-corrected chi connectivity index (χ3v) is 11.7. The van der Waals surface area contributed by atoms with Crippen molar-refractivity contribution in [2.24, 2.45) is 71.0 Å². The zero-order valence-electron chi connectivity index (χ0n) is 24.5. The normalized spacial score (nSPS) is 38.6. The molecule has 9 heteroatoms. The number of fused-ring (bicyclic) bond motifs is 10. The van der Waals surface area contributed by atoms with E-state index in [4.69, 9.17) is 9.47 Å². The third-order valence-electron chi connectivity index (χ3n) is 11.6. The summed E-state index contributed by atoms with van der Waals surface area (Å²) < 4.78 is 14.6. The van der Waals surface area contributed by atoms with Crippen LogP contribution in [0.15, 0.2) is 38.2 Å². The fraction of sp³-hybridized carbons (Fsp3) is 0.735. The van der Waals surface area contributed by atoms with Gasteiger partial charge in [-0.1, -0.05) is 40.0 Å². The summed E-state index contributed by atoms with van der Waals surface area (Å²) >= 11 is 4.65. The predicted molar refractivity (Wildman–Crippen MR) is 165 cm³/mol. The molecule has 12 atom stereocenters. The number of carbonyl (C=O) groups excluding carboxylic acids is 3. The van der Waals surface area contributed by atoms with E-state index in [0.29, 0.717) is 61.9 Å². The Morgan fingerprint density at radius 3 is 1.26 bits per heavy atom. The predicted octanol–water partition coefficient (Wildman–Crippen LogP) is 6.15. The number of carbonyl (C=O) groups is 3. The van der Waals surface area contributed by atoms with E-state index in [9.17, 15) is 24.6 Å². The molecule has 4 bridgehead atoms. The minimum atomic E-state index is -0.856. The van der Waals surface area contributed by atoms with E-state index < -0.39 is 5.43 Å². The lowest BCUT2D eigenvalue weighted by molar-refractivity contribution is -0.145. The molecule has 43 heavy (non-hydrogen) atoms. The van der Waals surface area contributed by atoms with E-state index in [0.717, 1.165) is 41.8 Å². The number of halogens is 1. The highest BCUT2D eigenvalue weighted by Gasteiger charge is 2.59. The van der Waals surface area contributed by atoms with Crippen LogP contribution in [0.3, 0.4) is 0 Å². The smallest absolute Gasteiger partial charge is 0.408 e. The topological polar surface area (TPSA) is 119 Å². The summed E-state index contributed by atoms with van der Waals surface area (Å²) in [5.41, 5.74) is -0.856. The number of hydrogen-bond acceptors (Lipinski definition) is 8. The molecule has 0 amide bonds. The van der Waals surface area contributed by atoms with Crippen LogP contribution in [0.25, 0.3) is 0 Å². The summed E-state index contributed by atoms with van der Waals surface area (Å²) in [4.78, 5) is 32.3. The van der Waals surface area contributed by atoms with E-state index in [1.165, 1.54) is 63.5 Å². The lowest BCUT2D eigenvalue weighted by atomic mass is 9.70. The van der Waals surface area contributed by atoms with Crippen LogP contribution >= 0.6 is 11.6 Å². The van der Waals surface area contributed by atoms with Gasteiger partial charge in [-0.3, -0.25) is 0 Å². The maximum Gasteiger partial charge on any atom is 0.408 e. The Morgan fingerprint density at radius 1 is 0.651 bits per heavy atom. The monoisotopic (exact) mass is 622 g/mol. The first kappa shape index (κ1) is 35.3. The average molecular weight is 623 g/mol. The molecule has 6 rings (SSSR count). The van der Waals surface area contributed by atoms with Gasteiger partial charge in [-0.05, 0) is 97.7 Å². The fourth-order valence-electron chi connectivity index (χ4n) is 10.3. The molecule has 0 aromatic carbocycles. The lowest BCUT2D eigenvalue weighted by Crippen LogP contribution is -2.38. The molecule has 0 radical (unpaired) electrons. The number of esters is 2. The highest BCUT2D eigenvalue weighted by Crippen LogP contribution is 2.64. The molecule has 6 aliphatic rings. The second-order valence-electron chi connectivity index (χ2n) is 12.9. The summed E-state index contributed by atoms with van der Waals surface area (Å²) in [6.07, 6.45) is 14.0. The number of hydrogen-bond donors (Lipinski definition) is 2. The van der Waals surface area contributed by atoms with E-state index in [1.54, 1.807) is 0 Å². The van der Waals surface area contributed by atoms with Crippen molar-refractivity contribution in [1.82, 2.24) is 0 Å². The minimum absolute atomic E-state index is 0. The van der Waals surface area contributed by atoms with Gasteiger partial charge >= 0.3 is 17.4 Å². The number of aliphatic hydroxyl groups is 2. The second-order valence-corrected chi connectivity index (χ2v) is 13.2. The molecule has 242 valence electrons. The van der Waals surface area contributed by atoms with Gasteiger partial charge in [0.05, 0.1) is 19.5 Å². The number of ether oxygens (including phenoxy) is 3. The highest BCUT2D eigenvalue weighted by atomic mass is 35.5.